The van der Waals surface area contributed by atoms with Crippen molar-refractivity contribution in [2.24, 2.45) is 0 Å². The molecule has 0 aliphatic heterocycles. The maximum atomic E-state index is 11.9. The van der Waals surface area contributed by atoms with Crippen LogP contribution in [-0.4, -0.2) is 31.2 Å². The summed E-state index contributed by atoms with van der Waals surface area (Å²) in [4.78, 5) is 22.1. The van der Waals surface area contributed by atoms with Crippen molar-refractivity contribution in [1.29, 1.82) is 0 Å². The van der Waals surface area contributed by atoms with E-state index in [1.165, 1.54) is 12.1 Å². The molecular formula is C20H26N4O4. The molecule has 0 atom stereocenters. The average Bonchev–Trinajstić information content (AvgIpc) is 2.70. The topological polar surface area (TPSA) is 106 Å². The fourth-order valence-corrected chi connectivity index (χ4v) is 2.65. The zero-order valence-electron chi connectivity index (χ0n) is 15.9. The summed E-state index contributed by atoms with van der Waals surface area (Å²) in [7, 11) is 1.56. The third-order valence-corrected chi connectivity index (χ3v) is 4.15. The van der Waals surface area contributed by atoms with Crippen LogP contribution in [0.1, 0.15) is 25.7 Å². The molecule has 0 aliphatic rings. The van der Waals surface area contributed by atoms with Crippen LogP contribution in [0.5, 0.6) is 5.75 Å². The lowest BCUT2D eigenvalue weighted by Crippen LogP contribution is -2.29. The second-order valence-corrected chi connectivity index (χ2v) is 6.23. The van der Waals surface area contributed by atoms with Crippen LogP contribution in [-0.2, 0) is 0 Å². The number of nitrogens with zero attached hydrogens (tertiary/aromatic N) is 1. The first-order valence-corrected chi connectivity index (χ1v) is 9.26. The summed E-state index contributed by atoms with van der Waals surface area (Å²) < 4.78 is 5.20. The highest BCUT2D eigenvalue weighted by Gasteiger charge is 2.06. The number of hydrogen-bond donors (Lipinski definition) is 3. The van der Waals surface area contributed by atoms with Gasteiger partial charge in [-0.2, -0.15) is 0 Å². The number of nitrogens with one attached hydrogen (secondary N) is 3. The molecule has 0 bridgehead atoms. The molecule has 0 aliphatic carbocycles. The number of anilines is 2. The van der Waals surface area contributed by atoms with Crippen molar-refractivity contribution in [3.8, 4) is 5.75 Å². The third kappa shape index (κ3) is 7.14. The molecular weight excluding hydrogens is 360 g/mol. The monoisotopic (exact) mass is 386 g/mol. The molecule has 0 spiro atoms. The van der Waals surface area contributed by atoms with Crippen molar-refractivity contribution in [2.45, 2.75) is 25.7 Å². The molecule has 0 aromatic heterocycles. The van der Waals surface area contributed by atoms with Crippen LogP contribution in [0, 0.1) is 10.1 Å². The lowest BCUT2D eigenvalue weighted by Gasteiger charge is -2.11. The normalized spacial score (nSPS) is 10.2. The number of methoxy groups -OCH3 is 1. The Morgan fingerprint density at radius 2 is 1.68 bits per heavy atom. The number of carbonyl (C=O) groups is 1. The number of nitro groups is 1. The number of para-hydroxylation sites is 2. The van der Waals surface area contributed by atoms with E-state index >= 15 is 0 Å². The van der Waals surface area contributed by atoms with Crippen molar-refractivity contribution in [3.63, 3.8) is 0 Å². The Labute approximate surface area is 164 Å². The number of ether oxygens (including phenoxy) is 1. The first kappa shape index (κ1) is 21.0. The molecule has 150 valence electrons. The molecule has 2 aromatic carbocycles. The zero-order chi connectivity index (χ0) is 20.2. The van der Waals surface area contributed by atoms with Gasteiger partial charge in [-0.15, -0.1) is 0 Å². The standard InChI is InChI=1S/C20H26N4O4/c1-28-19-9-5-4-8-18(19)23-20(25)22-15-7-3-2-6-14-21-16-10-12-17(13-11-16)24(26)27/h4-5,8-13,21H,2-3,6-7,14-15H2,1H3,(H2,22,23,25). The minimum absolute atomic E-state index is 0.0906. The number of amides is 2. The largest absolute Gasteiger partial charge is 0.495 e. The van der Waals surface area contributed by atoms with Crippen LogP contribution in [0.25, 0.3) is 0 Å². The Morgan fingerprint density at radius 1 is 1.00 bits per heavy atom. The zero-order valence-corrected chi connectivity index (χ0v) is 15.9. The number of rotatable bonds is 11. The summed E-state index contributed by atoms with van der Waals surface area (Å²) in [5.74, 6) is 0.623. The van der Waals surface area contributed by atoms with E-state index in [4.69, 9.17) is 4.74 Å². The molecule has 0 saturated carbocycles. The van der Waals surface area contributed by atoms with Gasteiger partial charge in [0.15, 0.2) is 0 Å². The molecule has 8 heteroatoms. The highest BCUT2D eigenvalue weighted by molar-refractivity contribution is 5.90. The fraction of sp³-hybridized carbons (Fsp3) is 0.350. The van der Waals surface area contributed by atoms with Gasteiger partial charge in [-0.3, -0.25) is 10.1 Å². The Kier molecular flexibility index (Phi) is 8.58. The van der Waals surface area contributed by atoms with E-state index in [0.717, 1.165) is 37.9 Å². The van der Waals surface area contributed by atoms with Crippen LogP contribution in [0.15, 0.2) is 48.5 Å². The maximum absolute atomic E-state index is 11.9. The number of hydrogen-bond acceptors (Lipinski definition) is 5. The first-order valence-electron chi connectivity index (χ1n) is 9.26. The number of unbranched alkanes of at least 4 members (excludes halogenated alkanes) is 3. The van der Waals surface area contributed by atoms with E-state index < -0.39 is 4.92 Å². The van der Waals surface area contributed by atoms with Crippen molar-refractivity contribution in [2.75, 3.05) is 30.8 Å². The van der Waals surface area contributed by atoms with E-state index in [1.54, 1.807) is 31.4 Å². The summed E-state index contributed by atoms with van der Waals surface area (Å²) in [5.41, 5.74) is 1.60. The fourth-order valence-electron chi connectivity index (χ4n) is 2.65. The van der Waals surface area contributed by atoms with Crippen molar-refractivity contribution < 1.29 is 14.5 Å². The van der Waals surface area contributed by atoms with E-state index in [1.807, 2.05) is 12.1 Å². The van der Waals surface area contributed by atoms with Gasteiger partial charge in [-0.05, 0) is 37.1 Å². The van der Waals surface area contributed by atoms with Crippen LogP contribution in [0.4, 0.5) is 21.9 Å². The van der Waals surface area contributed by atoms with Gasteiger partial charge in [0.25, 0.3) is 5.69 Å². The highest BCUT2D eigenvalue weighted by Crippen LogP contribution is 2.22. The van der Waals surface area contributed by atoms with Crippen molar-refractivity contribution >= 4 is 23.1 Å². The molecule has 0 radical (unpaired) electrons. The predicted octanol–water partition coefficient (Wildman–Crippen LogP) is 4.40. The molecule has 2 amide bonds. The molecule has 0 unspecified atom stereocenters. The SMILES string of the molecule is COc1ccccc1NC(=O)NCCCCCCNc1ccc([N+](=O)[O-])cc1. The van der Waals surface area contributed by atoms with E-state index in [2.05, 4.69) is 16.0 Å². The Morgan fingerprint density at radius 3 is 2.36 bits per heavy atom. The molecule has 8 nitrogen and oxygen atoms in total. The van der Waals surface area contributed by atoms with Crippen LogP contribution >= 0.6 is 0 Å². The number of non-ortho nitro benzene ring substituents is 1. The molecule has 2 aromatic rings. The van der Waals surface area contributed by atoms with E-state index in [9.17, 15) is 14.9 Å². The molecule has 2 rings (SSSR count). The number of urea groups is 1. The van der Waals surface area contributed by atoms with Gasteiger partial charge in [0.1, 0.15) is 5.75 Å². The van der Waals surface area contributed by atoms with Crippen molar-refractivity contribution in [1.82, 2.24) is 5.32 Å². The maximum Gasteiger partial charge on any atom is 0.319 e. The summed E-state index contributed by atoms with van der Waals surface area (Å²) >= 11 is 0. The molecule has 0 heterocycles. The Bertz CT molecular complexity index is 765. The summed E-state index contributed by atoms with van der Waals surface area (Å²) in [6.45, 7) is 1.41. The van der Waals surface area contributed by atoms with E-state index in [0.29, 0.717) is 18.0 Å². The van der Waals surface area contributed by atoms with Crippen LogP contribution in [0.3, 0.4) is 0 Å². The summed E-state index contributed by atoms with van der Waals surface area (Å²) in [6, 6.07) is 13.4. The summed E-state index contributed by atoms with van der Waals surface area (Å²) in [5, 5.41) is 19.5. The number of nitro benzene ring substituents is 1. The number of benzene rings is 2. The minimum Gasteiger partial charge on any atom is -0.495 e. The van der Waals surface area contributed by atoms with Gasteiger partial charge in [0, 0.05) is 30.9 Å². The Balaban J connectivity index is 1.52. The average molecular weight is 386 g/mol. The molecule has 0 fully saturated rings. The molecule has 3 N–H and O–H groups in total. The van der Waals surface area contributed by atoms with Gasteiger partial charge in [-0.25, -0.2) is 4.79 Å². The van der Waals surface area contributed by atoms with Crippen LogP contribution in [0.2, 0.25) is 0 Å². The lowest BCUT2D eigenvalue weighted by atomic mass is 10.2. The first-order chi connectivity index (χ1) is 13.6. The Hall–Kier alpha value is -3.29. The molecule has 28 heavy (non-hydrogen) atoms. The number of carbonyl (C=O) groups excluding carboxylic acids is 1. The van der Waals surface area contributed by atoms with Gasteiger partial charge in [0.2, 0.25) is 0 Å². The van der Waals surface area contributed by atoms with Crippen molar-refractivity contribution in [3.05, 3.63) is 58.6 Å². The quantitative estimate of drug-likeness (QED) is 0.302. The molecule has 0 saturated heterocycles. The van der Waals surface area contributed by atoms with Gasteiger partial charge in [-0.1, -0.05) is 25.0 Å². The lowest BCUT2D eigenvalue weighted by molar-refractivity contribution is -0.384. The third-order valence-electron chi connectivity index (χ3n) is 4.15. The second-order valence-electron chi connectivity index (χ2n) is 6.23. The smallest absolute Gasteiger partial charge is 0.319 e. The predicted molar refractivity (Wildman–Crippen MR) is 110 cm³/mol. The summed E-state index contributed by atoms with van der Waals surface area (Å²) in [6.07, 6.45) is 3.94. The highest BCUT2D eigenvalue weighted by atomic mass is 16.6. The van der Waals surface area contributed by atoms with Gasteiger partial charge in [0.05, 0.1) is 17.7 Å². The minimum atomic E-state index is -0.408. The van der Waals surface area contributed by atoms with E-state index in [-0.39, 0.29) is 11.7 Å². The van der Waals surface area contributed by atoms with Crippen LogP contribution < -0.4 is 20.7 Å². The van der Waals surface area contributed by atoms with Gasteiger partial charge < -0.3 is 20.7 Å². The van der Waals surface area contributed by atoms with Gasteiger partial charge >= 0.3 is 6.03 Å². The second kappa shape index (κ2) is 11.4.